The van der Waals surface area contributed by atoms with Crippen molar-refractivity contribution in [3.05, 3.63) is 23.5 Å². The highest BCUT2D eigenvalue weighted by Gasteiger charge is 2.10. The van der Waals surface area contributed by atoms with Crippen molar-refractivity contribution in [2.75, 3.05) is 0 Å². The van der Waals surface area contributed by atoms with E-state index in [1.807, 2.05) is 6.07 Å². The summed E-state index contributed by atoms with van der Waals surface area (Å²) in [6.45, 7) is 1.85. The fourth-order valence-electron chi connectivity index (χ4n) is 1.04. The van der Waals surface area contributed by atoms with E-state index in [4.69, 9.17) is 10.4 Å². The summed E-state index contributed by atoms with van der Waals surface area (Å²) < 4.78 is 1.46. The molecular weight excluding hydrogens is 156 g/mol. The van der Waals surface area contributed by atoms with Crippen molar-refractivity contribution in [2.45, 2.75) is 13.5 Å². The van der Waals surface area contributed by atoms with Crippen LogP contribution in [0.15, 0.2) is 12.1 Å². The maximum Gasteiger partial charge on any atom is 0.352 e. The molecule has 1 aromatic rings. The molecule has 0 saturated carbocycles. The third-order valence-corrected chi connectivity index (χ3v) is 1.65. The standard InChI is InChI=1S/C8H8N2O2/c1-6-2-3-7(8(11)12)10(6)5-4-9/h2-3H,5H2,1H3,(H,11,12). The lowest BCUT2D eigenvalue weighted by Gasteiger charge is -2.01. The summed E-state index contributed by atoms with van der Waals surface area (Å²) in [4.78, 5) is 10.6. The first kappa shape index (κ1) is 8.34. The lowest BCUT2D eigenvalue weighted by Crippen LogP contribution is -2.08. The average Bonchev–Trinajstić information content (AvgIpc) is 2.34. The van der Waals surface area contributed by atoms with Crippen molar-refractivity contribution in [3.8, 4) is 6.07 Å². The molecule has 1 heterocycles. The van der Waals surface area contributed by atoms with Gasteiger partial charge in [0.15, 0.2) is 0 Å². The van der Waals surface area contributed by atoms with Gasteiger partial charge in [0.25, 0.3) is 0 Å². The molecule has 4 heteroatoms. The molecule has 1 rings (SSSR count). The van der Waals surface area contributed by atoms with Gasteiger partial charge in [0.1, 0.15) is 12.2 Å². The van der Waals surface area contributed by atoms with Crippen molar-refractivity contribution in [1.82, 2.24) is 4.57 Å². The number of carbonyl (C=O) groups is 1. The van der Waals surface area contributed by atoms with Gasteiger partial charge >= 0.3 is 5.97 Å². The smallest absolute Gasteiger partial charge is 0.352 e. The van der Waals surface area contributed by atoms with Crippen LogP contribution < -0.4 is 0 Å². The van der Waals surface area contributed by atoms with Crippen LogP contribution in [-0.2, 0) is 6.54 Å². The molecule has 0 aliphatic rings. The minimum absolute atomic E-state index is 0.0838. The predicted octanol–water partition coefficient (Wildman–Crippen LogP) is 1.02. The summed E-state index contributed by atoms with van der Waals surface area (Å²) in [5.41, 5.74) is 0.947. The molecule has 1 N–H and O–H groups in total. The van der Waals surface area contributed by atoms with Crippen LogP contribution in [0.1, 0.15) is 16.2 Å². The van der Waals surface area contributed by atoms with E-state index in [9.17, 15) is 4.79 Å². The van der Waals surface area contributed by atoms with Crippen LogP contribution in [-0.4, -0.2) is 15.6 Å². The largest absolute Gasteiger partial charge is 0.477 e. The van der Waals surface area contributed by atoms with Crippen LogP contribution in [0.2, 0.25) is 0 Å². The number of carboxylic acid groups (broad SMARTS) is 1. The number of aromatic carboxylic acids is 1. The first-order chi connectivity index (χ1) is 5.66. The summed E-state index contributed by atoms with van der Waals surface area (Å²) >= 11 is 0. The second-order valence-electron chi connectivity index (χ2n) is 2.41. The molecule has 0 atom stereocenters. The maximum atomic E-state index is 10.6. The van der Waals surface area contributed by atoms with Crippen molar-refractivity contribution in [1.29, 1.82) is 5.26 Å². The van der Waals surface area contributed by atoms with Crippen LogP contribution in [0.25, 0.3) is 0 Å². The van der Waals surface area contributed by atoms with Crippen molar-refractivity contribution in [2.24, 2.45) is 0 Å². The van der Waals surface area contributed by atoms with Gasteiger partial charge in [0.05, 0.1) is 6.07 Å². The van der Waals surface area contributed by atoms with Gasteiger partial charge in [-0.1, -0.05) is 0 Å². The van der Waals surface area contributed by atoms with E-state index in [0.29, 0.717) is 0 Å². The zero-order chi connectivity index (χ0) is 9.14. The van der Waals surface area contributed by atoms with E-state index in [1.54, 1.807) is 13.0 Å². The number of nitriles is 1. The Morgan fingerprint density at radius 3 is 2.92 bits per heavy atom. The maximum absolute atomic E-state index is 10.6. The molecule has 0 saturated heterocycles. The molecule has 0 fully saturated rings. The molecule has 0 amide bonds. The zero-order valence-electron chi connectivity index (χ0n) is 6.61. The Balaban J connectivity index is 3.14. The van der Waals surface area contributed by atoms with Crippen LogP contribution in [0, 0.1) is 18.3 Å². The van der Waals surface area contributed by atoms with Gasteiger partial charge in [-0.2, -0.15) is 5.26 Å². The zero-order valence-corrected chi connectivity index (χ0v) is 6.61. The number of nitrogens with zero attached hydrogens (tertiary/aromatic N) is 2. The first-order valence-electron chi connectivity index (χ1n) is 3.43. The Morgan fingerprint density at radius 1 is 1.75 bits per heavy atom. The normalized spacial score (nSPS) is 9.33. The van der Waals surface area contributed by atoms with Gasteiger partial charge < -0.3 is 9.67 Å². The number of aromatic nitrogens is 1. The van der Waals surface area contributed by atoms with Gasteiger partial charge in [-0.3, -0.25) is 0 Å². The van der Waals surface area contributed by atoms with Crippen LogP contribution >= 0.6 is 0 Å². The topological polar surface area (TPSA) is 66.0 Å². The molecule has 0 aliphatic carbocycles. The quantitative estimate of drug-likeness (QED) is 0.709. The molecule has 0 unspecified atom stereocenters. The highest BCUT2D eigenvalue weighted by atomic mass is 16.4. The third kappa shape index (κ3) is 1.30. The van der Waals surface area contributed by atoms with Crippen LogP contribution in [0.5, 0.6) is 0 Å². The Bertz CT molecular complexity index is 346. The molecule has 62 valence electrons. The molecule has 0 aliphatic heterocycles. The number of hydrogen-bond acceptors (Lipinski definition) is 2. The van der Waals surface area contributed by atoms with E-state index in [2.05, 4.69) is 0 Å². The van der Waals surface area contributed by atoms with Crippen molar-refractivity contribution in [3.63, 3.8) is 0 Å². The molecule has 1 aromatic heterocycles. The molecule has 12 heavy (non-hydrogen) atoms. The second kappa shape index (κ2) is 3.09. The summed E-state index contributed by atoms with van der Waals surface area (Å²) in [6, 6.07) is 5.08. The van der Waals surface area contributed by atoms with Gasteiger partial charge in [0.2, 0.25) is 0 Å². The SMILES string of the molecule is Cc1ccc(C(=O)O)n1CC#N. The monoisotopic (exact) mass is 164 g/mol. The number of hydrogen-bond donors (Lipinski definition) is 1. The van der Waals surface area contributed by atoms with E-state index in [1.165, 1.54) is 10.6 Å². The van der Waals surface area contributed by atoms with Gasteiger partial charge in [-0.05, 0) is 19.1 Å². The average molecular weight is 164 g/mol. The Morgan fingerprint density at radius 2 is 2.42 bits per heavy atom. The highest BCUT2D eigenvalue weighted by Crippen LogP contribution is 2.07. The number of aryl methyl sites for hydroxylation is 1. The lowest BCUT2D eigenvalue weighted by molar-refractivity contribution is 0.0685. The minimum atomic E-state index is -1.00. The van der Waals surface area contributed by atoms with Gasteiger partial charge in [-0.25, -0.2) is 4.79 Å². The molecule has 0 bridgehead atoms. The Hall–Kier alpha value is -1.76. The van der Waals surface area contributed by atoms with E-state index in [0.717, 1.165) is 5.69 Å². The molecule has 0 radical (unpaired) electrons. The predicted molar refractivity (Wildman–Crippen MR) is 41.7 cm³/mol. The third-order valence-electron chi connectivity index (χ3n) is 1.65. The van der Waals surface area contributed by atoms with Gasteiger partial charge in [-0.15, -0.1) is 0 Å². The summed E-state index contributed by atoms with van der Waals surface area (Å²) in [5.74, 6) is -1.00. The second-order valence-corrected chi connectivity index (χ2v) is 2.41. The molecule has 0 aromatic carbocycles. The van der Waals surface area contributed by atoms with E-state index < -0.39 is 5.97 Å². The van der Waals surface area contributed by atoms with Crippen molar-refractivity contribution >= 4 is 5.97 Å². The van der Waals surface area contributed by atoms with Gasteiger partial charge in [0, 0.05) is 5.69 Å². The highest BCUT2D eigenvalue weighted by molar-refractivity contribution is 5.86. The number of rotatable bonds is 2. The molecule has 0 spiro atoms. The molecule has 4 nitrogen and oxygen atoms in total. The lowest BCUT2D eigenvalue weighted by atomic mass is 10.4. The number of carboxylic acids is 1. The van der Waals surface area contributed by atoms with Crippen LogP contribution in [0.3, 0.4) is 0 Å². The Labute approximate surface area is 69.7 Å². The summed E-state index contributed by atoms with van der Waals surface area (Å²) in [6.07, 6.45) is 0. The van der Waals surface area contributed by atoms with E-state index >= 15 is 0 Å². The first-order valence-corrected chi connectivity index (χ1v) is 3.43. The van der Waals surface area contributed by atoms with E-state index in [-0.39, 0.29) is 12.2 Å². The summed E-state index contributed by atoms with van der Waals surface area (Å²) in [5, 5.41) is 17.1. The fourth-order valence-corrected chi connectivity index (χ4v) is 1.04. The minimum Gasteiger partial charge on any atom is -0.477 e. The fraction of sp³-hybridized carbons (Fsp3) is 0.250. The Kier molecular flexibility index (Phi) is 2.15. The van der Waals surface area contributed by atoms with Crippen molar-refractivity contribution < 1.29 is 9.90 Å². The van der Waals surface area contributed by atoms with Crippen LogP contribution in [0.4, 0.5) is 0 Å². The molecular formula is C8H8N2O2. The summed E-state index contributed by atoms with van der Waals surface area (Å²) in [7, 11) is 0.